The van der Waals surface area contributed by atoms with Crippen molar-refractivity contribution in [2.45, 2.75) is 127 Å². The summed E-state index contributed by atoms with van der Waals surface area (Å²) in [5.41, 5.74) is 5.19. The van der Waals surface area contributed by atoms with Crippen LogP contribution >= 0.6 is 0 Å². The van der Waals surface area contributed by atoms with Gasteiger partial charge in [0.15, 0.2) is 0 Å². The van der Waals surface area contributed by atoms with Gasteiger partial charge in [-0.25, -0.2) is 0 Å². The van der Waals surface area contributed by atoms with Crippen LogP contribution in [0.4, 0.5) is 0 Å². The molecule has 2 unspecified atom stereocenters. The fourth-order valence-electron chi connectivity index (χ4n) is 6.65. The molecule has 0 heterocycles. The highest BCUT2D eigenvalue weighted by Gasteiger charge is 2.50. The molecular weight excluding hydrogens is 420 g/mol. The van der Waals surface area contributed by atoms with Crippen molar-refractivity contribution < 1.29 is 0 Å². The van der Waals surface area contributed by atoms with Crippen LogP contribution in [0.25, 0.3) is 0 Å². The largest absolute Gasteiger partial charge is 0.106 e. The van der Waals surface area contributed by atoms with Gasteiger partial charge in [0.1, 0.15) is 0 Å². The van der Waals surface area contributed by atoms with E-state index in [0.717, 1.165) is 29.6 Å². The Morgan fingerprint density at radius 3 is 2.23 bits per heavy atom. The van der Waals surface area contributed by atoms with E-state index >= 15 is 0 Å². The van der Waals surface area contributed by atoms with Crippen LogP contribution < -0.4 is 0 Å². The van der Waals surface area contributed by atoms with E-state index in [9.17, 15) is 0 Å². The Kier molecular flexibility index (Phi) is 16.6. The van der Waals surface area contributed by atoms with Crippen molar-refractivity contribution >= 4 is 0 Å². The summed E-state index contributed by atoms with van der Waals surface area (Å²) in [5.74, 6) is 4.11. The fourth-order valence-corrected chi connectivity index (χ4v) is 6.65. The lowest BCUT2D eigenvalue weighted by molar-refractivity contribution is 0.0985. The zero-order valence-corrected chi connectivity index (χ0v) is 24.1. The number of hydrogen-bond donors (Lipinski definition) is 0. The van der Waals surface area contributed by atoms with Gasteiger partial charge in [0, 0.05) is 0 Å². The van der Waals surface area contributed by atoms with E-state index in [-0.39, 0.29) is 7.43 Å². The van der Waals surface area contributed by atoms with Gasteiger partial charge in [0.05, 0.1) is 0 Å². The molecule has 3 rings (SSSR count). The number of hydrogen-bond acceptors (Lipinski definition) is 0. The minimum atomic E-state index is 0. The van der Waals surface area contributed by atoms with E-state index in [4.69, 9.17) is 0 Å². The summed E-state index contributed by atoms with van der Waals surface area (Å²) in [4.78, 5) is 0. The quantitative estimate of drug-likeness (QED) is 0.330. The summed E-state index contributed by atoms with van der Waals surface area (Å²) >= 11 is 0. The molecule has 5 atom stereocenters. The third-order valence-electron chi connectivity index (χ3n) is 8.47. The Morgan fingerprint density at radius 1 is 0.971 bits per heavy atom. The van der Waals surface area contributed by atoms with Crippen LogP contribution in [0.5, 0.6) is 0 Å². The number of fused-ring (bicyclic) bond motifs is 1. The average molecular weight is 483 g/mol. The number of rotatable bonds is 6. The molecule has 0 aromatic rings. The Hall–Kier alpha value is -1.30. The molecule has 3 aliphatic rings. The minimum Gasteiger partial charge on any atom is -0.106 e. The summed E-state index contributed by atoms with van der Waals surface area (Å²) in [6, 6.07) is 0. The SMILES string of the molecule is C.C=C.C=C1CC[C@H](C)C/C1=C\C=C1/CCC[C@@]2(C)C1CC[C@@H]2C(C)C/C=C/CC(C)C.CCC. The van der Waals surface area contributed by atoms with E-state index in [1.807, 2.05) is 0 Å². The lowest BCUT2D eigenvalue weighted by Crippen LogP contribution is -2.35. The van der Waals surface area contributed by atoms with E-state index < -0.39 is 0 Å². The first-order valence-corrected chi connectivity index (χ1v) is 14.5. The van der Waals surface area contributed by atoms with Crippen molar-refractivity contribution in [2.75, 3.05) is 0 Å². The zero-order valence-electron chi connectivity index (χ0n) is 24.1. The van der Waals surface area contributed by atoms with Gasteiger partial charge in [-0.3, -0.25) is 0 Å². The van der Waals surface area contributed by atoms with Crippen LogP contribution in [0.2, 0.25) is 0 Å². The smallest absolute Gasteiger partial charge is 0.0143 e. The summed E-state index contributed by atoms with van der Waals surface area (Å²) in [6.45, 7) is 26.8. The molecule has 0 spiro atoms. The second-order valence-electron chi connectivity index (χ2n) is 12.0. The molecule has 3 saturated carbocycles. The molecule has 0 aromatic carbocycles. The molecule has 0 amide bonds. The van der Waals surface area contributed by atoms with Gasteiger partial charge in [-0.15, -0.1) is 13.2 Å². The molecule has 3 aliphatic carbocycles. The van der Waals surface area contributed by atoms with Crippen molar-refractivity contribution in [3.05, 3.63) is 60.8 Å². The third-order valence-corrected chi connectivity index (χ3v) is 8.47. The Balaban J connectivity index is 0.00000179. The first-order valence-electron chi connectivity index (χ1n) is 14.5. The van der Waals surface area contributed by atoms with Crippen LogP contribution in [0.1, 0.15) is 127 Å². The van der Waals surface area contributed by atoms with Crippen LogP contribution in [0.3, 0.4) is 0 Å². The molecule has 0 aliphatic heterocycles. The zero-order chi connectivity index (χ0) is 25.7. The van der Waals surface area contributed by atoms with Crippen molar-refractivity contribution in [3.8, 4) is 0 Å². The third kappa shape index (κ3) is 9.93. The Labute approximate surface area is 222 Å². The summed E-state index contributed by atoms with van der Waals surface area (Å²) < 4.78 is 0. The maximum atomic E-state index is 4.35. The van der Waals surface area contributed by atoms with Crippen molar-refractivity contribution in [1.82, 2.24) is 0 Å². The topological polar surface area (TPSA) is 0 Å². The van der Waals surface area contributed by atoms with Crippen LogP contribution in [0, 0.1) is 35.0 Å². The Morgan fingerprint density at radius 2 is 1.60 bits per heavy atom. The number of allylic oxidation sites excluding steroid dienone is 7. The van der Waals surface area contributed by atoms with Crippen LogP contribution in [-0.2, 0) is 0 Å². The van der Waals surface area contributed by atoms with Gasteiger partial charge < -0.3 is 0 Å². The molecule has 3 fully saturated rings. The minimum absolute atomic E-state index is 0. The molecule has 0 nitrogen and oxygen atoms in total. The first-order chi connectivity index (χ1) is 16.2. The van der Waals surface area contributed by atoms with E-state index in [1.165, 1.54) is 81.8 Å². The fraction of sp³-hybridized carbons (Fsp3) is 0.714. The van der Waals surface area contributed by atoms with Crippen molar-refractivity contribution in [2.24, 2.45) is 35.0 Å². The maximum absolute atomic E-state index is 4.35. The van der Waals surface area contributed by atoms with Crippen LogP contribution in [0.15, 0.2) is 60.8 Å². The monoisotopic (exact) mass is 482 g/mol. The van der Waals surface area contributed by atoms with E-state index in [2.05, 4.69) is 92.5 Å². The van der Waals surface area contributed by atoms with Crippen LogP contribution in [-0.4, -0.2) is 0 Å². The van der Waals surface area contributed by atoms with Gasteiger partial charge in [0.25, 0.3) is 0 Å². The molecule has 35 heavy (non-hydrogen) atoms. The lowest BCUT2D eigenvalue weighted by atomic mass is 9.61. The van der Waals surface area contributed by atoms with Gasteiger partial charge in [-0.2, -0.15) is 0 Å². The lowest BCUT2D eigenvalue weighted by Gasteiger charge is -2.44. The molecule has 0 aromatic heterocycles. The van der Waals surface area contributed by atoms with E-state index in [1.54, 1.807) is 5.57 Å². The van der Waals surface area contributed by atoms with Crippen molar-refractivity contribution in [1.29, 1.82) is 0 Å². The second-order valence-corrected chi connectivity index (χ2v) is 12.0. The predicted octanol–water partition coefficient (Wildman–Crippen LogP) is 11.9. The summed E-state index contributed by atoms with van der Waals surface area (Å²) in [6.07, 6.45) is 24.4. The van der Waals surface area contributed by atoms with Gasteiger partial charge >= 0.3 is 0 Å². The van der Waals surface area contributed by atoms with Gasteiger partial charge in [-0.05, 0) is 105 Å². The second kappa shape index (κ2) is 17.2. The normalized spacial score (nSPS) is 31.3. The highest BCUT2D eigenvalue weighted by atomic mass is 14.5. The molecule has 0 saturated heterocycles. The van der Waals surface area contributed by atoms with Crippen molar-refractivity contribution in [3.63, 3.8) is 0 Å². The van der Waals surface area contributed by atoms with E-state index in [0.29, 0.717) is 5.41 Å². The first kappa shape index (κ1) is 33.7. The molecule has 0 bridgehead atoms. The summed E-state index contributed by atoms with van der Waals surface area (Å²) in [7, 11) is 0. The van der Waals surface area contributed by atoms with Gasteiger partial charge in [0.2, 0.25) is 0 Å². The van der Waals surface area contributed by atoms with Gasteiger partial charge in [-0.1, -0.05) is 104 Å². The predicted molar refractivity (Wildman–Crippen MR) is 163 cm³/mol. The summed E-state index contributed by atoms with van der Waals surface area (Å²) in [5, 5.41) is 0. The highest BCUT2D eigenvalue weighted by molar-refractivity contribution is 5.36. The molecule has 0 N–H and O–H groups in total. The standard InChI is InChI=1S/C29H46.C3H8.C2H4.CH4/c1-21(2)10-7-8-11-24(5)27-17-18-28-25(12-9-19-29(27,28)6)15-16-26-20-22(3)13-14-23(26)4;1-3-2;1-2;/h7-8,15-16,21-22,24,27-28H,4,9-14,17-20H2,1-3,5-6H3;3H2,1-2H3;1-2H2;1H4/b8-7+,25-15+,26-16+;;;/t22-,24?,27+,28?,29+;;;/m0.../s1. The molecule has 0 heteroatoms. The molecule has 0 radical (unpaired) electrons. The molecular formula is C35H62. The average Bonchev–Trinajstić information content (AvgIpc) is 3.16. The maximum Gasteiger partial charge on any atom is -0.0143 e. The Bertz CT molecular complexity index is 687. The molecule has 202 valence electrons. The highest BCUT2D eigenvalue weighted by Crippen LogP contribution is 2.59.